The Hall–Kier alpha value is 0.0800. The van der Waals surface area contributed by atoms with Crippen molar-refractivity contribution in [1.29, 1.82) is 0 Å². The molecule has 0 spiro atoms. The Morgan fingerprint density at radius 1 is 1.50 bits per heavy atom. The van der Waals surface area contributed by atoms with Gasteiger partial charge in [-0.3, -0.25) is 0 Å². The molecule has 0 nitrogen and oxygen atoms in total. The Morgan fingerprint density at radius 2 is 1.67 bits per heavy atom. The van der Waals surface area contributed by atoms with Crippen molar-refractivity contribution in [3.8, 4) is 0 Å². The highest BCUT2D eigenvalue weighted by Crippen LogP contribution is 2.20. The van der Waals surface area contributed by atoms with Gasteiger partial charge >= 0.3 is 0 Å². The summed E-state index contributed by atoms with van der Waals surface area (Å²) in [6.07, 6.45) is 0. The second-order valence-corrected chi connectivity index (χ2v) is 1.36. The van der Waals surface area contributed by atoms with E-state index >= 15 is 0 Å². The van der Waals surface area contributed by atoms with Gasteiger partial charge in [-0.15, -0.1) is 0 Å². The van der Waals surface area contributed by atoms with E-state index in [0.717, 1.165) is 0 Å². The lowest BCUT2D eigenvalue weighted by Crippen LogP contribution is -1.69. The fourth-order valence-electron chi connectivity index (χ4n) is 0. The van der Waals surface area contributed by atoms with E-state index in [-0.39, 0.29) is 0 Å². The minimum absolute atomic E-state index is 1.04. The highest BCUT2D eigenvalue weighted by Gasteiger charge is 2.03. The van der Waals surface area contributed by atoms with Gasteiger partial charge in [0, 0.05) is 0 Å². The third-order valence-corrected chi connectivity index (χ3v) is 0.635. The van der Waals surface area contributed by atoms with Gasteiger partial charge in [0.05, 0.1) is 0 Å². The van der Waals surface area contributed by atoms with Gasteiger partial charge in [0.25, 0.3) is 5.08 Å². The molecule has 0 rings (SSSR count). The van der Waals surface area contributed by atoms with Gasteiger partial charge in [0.1, 0.15) is 5.83 Å². The van der Waals surface area contributed by atoms with Gasteiger partial charge in [0.2, 0.25) is 0 Å². The fraction of sp³-hybridized carbons (Fsp3) is 0. The number of hydrogen-bond donors (Lipinski definition) is 0. The average molecular weight is 156 g/mol. The third-order valence-electron chi connectivity index (χ3n) is 0.205. The van der Waals surface area contributed by atoms with Crippen LogP contribution in [0.4, 0.5) is 8.78 Å². The monoisotopic (exact) mass is 155 g/mol. The van der Waals surface area contributed by atoms with E-state index in [1.165, 1.54) is 0 Å². The fourth-order valence-corrected chi connectivity index (χ4v) is 0. The van der Waals surface area contributed by atoms with E-state index in [9.17, 15) is 8.78 Å². The maximum atomic E-state index is 11.2. The predicted octanol–water partition coefficient (Wildman–Crippen LogP) is 2.32. The van der Waals surface area contributed by atoms with Gasteiger partial charge in [-0.1, -0.05) is 6.58 Å². The quantitative estimate of drug-likeness (QED) is 0.546. The summed E-state index contributed by atoms with van der Waals surface area (Å²) in [5.41, 5.74) is 0. The predicted molar refractivity (Wildman–Crippen MR) is 23.5 cm³/mol. The lowest BCUT2D eigenvalue weighted by atomic mass is 10.7. The van der Waals surface area contributed by atoms with Crippen molar-refractivity contribution >= 4 is 15.9 Å². The maximum absolute atomic E-state index is 11.2. The second kappa shape index (κ2) is 2.29. The highest BCUT2D eigenvalue weighted by molar-refractivity contribution is 9.11. The molecule has 0 aromatic heterocycles. The summed E-state index contributed by atoms with van der Waals surface area (Å²) in [6, 6.07) is 0. The molecule has 0 aliphatic rings. The van der Waals surface area contributed by atoms with Crippen molar-refractivity contribution < 1.29 is 8.78 Å². The minimum atomic E-state index is -1.07. The van der Waals surface area contributed by atoms with Gasteiger partial charge in [-0.2, -0.15) is 0 Å². The molecular formula is C3H2BrF2. The van der Waals surface area contributed by atoms with Crippen LogP contribution in [-0.2, 0) is 0 Å². The summed E-state index contributed by atoms with van der Waals surface area (Å²) in [7, 11) is 0. The van der Waals surface area contributed by atoms with Gasteiger partial charge in [-0.25, -0.2) is 8.78 Å². The van der Waals surface area contributed by atoms with Crippen molar-refractivity contribution in [2.24, 2.45) is 0 Å². The topological polar surface area (TPSA) is 0 Å². The molecule has 0 aromatic rings. The smallest absolute Gasteiger partial charge is 0.218 e. The molecule has 0 atom stereocenters. The first-order chi connectivity index (χ1) is 2.64. The standard InChI is InChI=1S/C3H2BrF2/c1-2(5)3(4)6/h1H2. The molecule has 0 bridgehead atoms. The number of allylic oxidation sites excluding steroid dienone is 1. The molecule has 0 aliphatic heterocycles. The molecule has 0 fully saturated rings. The van der Waals surface area contributed by atoms with Gasteiger partial charge in [-0.05, 0) is 15.9 Å². The lowest BCUT2D eigenvalue weighted by Gasteiger charge is -1.83. The largest absolute Gasteiger partial charge is 0.265 e. The Bertz CT molecular complexity index is 59.8. The number of rotatable bonds is 1. The first kappa shape index (κ1) is 6.08. The Balaban J connectivity index is 3.26. The first-order valence-electron chi connectivity index (χ1n) is 1.17. The van der Waals surface area contributed by atoms with E-state index < -0.39 is 10.9 Å². The van der Waals surface area contributed by atoms with Crippen molar-refractivity contribution in [2.75, 3.05) is 0 Å². The summed E-state index contributed by atoms with van der Waals surface area (Å²) in [5.74, 6) is -1.07. The summed E-state index contributed by atoms with van der Waals surface area (Å²) < 4.78 is 22.4. The summed E-state index contributed by atoms with van der Waals surface area (Å²) in [5, 5.41) is -1.04. The first-order valence-corrected chi connectivity index (χ1v) is 1.96. The molecule has 6 heavy (non-hydrogen) atoms. The highest BCUT2D eigenvalue weighted by atomic mass is 79.9. The molecule has 0 aromatic carbocycles. The molecule has 35 valence electrons. The van der Waals surface area contributed by atoms with Crippen LogP contribution in [0.25, 0.3) is 0 Å². The summed E-state index contributed by atoms with van der Waals surface area (Å²) >= 11 is 2.21. The Kier molecular flexibility index (Phi) is 2.32. The van der Waals surface area contributed by atoms with Crippen LogP contribution in [0, 0.1) is 5.08 Å². The van der Waals surface area contributed by atoms with Crippen LogP contribution in [0.3, 0.4) is 0 Å². The van der Waals surface area contributed by atoms with Crippen LogP contribution in [0.2, 0.25) is 0 Å². The van der Waals surface area contributed by atoms with Gasteiger partial charge < -0.3 is 0 Å². The molecule has 3 heteroatoms. The minimum Gasteiger partial charge on any atom is -0.218 e. The summed E-state index contributed by atoms with van der Waals surface area (Å²) in [6.45, 7) is 2.63. The van der Waals surface area contributed by atoms with Crippen molar-refractivity contribution in [1.82, 2.24) is 0 Å². The van der Waals surface area contributed by atoms with Crippen molar-refractivity contribution in [3.05, 3.63) is 17.5 Å². The molecule has 0 aliphatic carbocycles. The van der Waals surface area contributed by atoms with E-state index in [2.05, 4.69) is 22.5 Å². The molecule has 0 amide bonds. The molecule has 1 radical (unpaired) electrons. The van der Waals surface area contributed by atoms with E-state index in [1.807, 2.05) is 0 Å². The Labute approximate surface area is 43.0 Å². The van der Waals surface area contributed by atoms with Gasteiger partial charge in [0.15, 0.2) is 0 Å². The zero-order chi connectivity index (χ0) is 5.15. The zero-order valence-electron chi connectivity index (χ0n) is 2.84. The van der Waals surface area contributed by atoms with Crippen LogP contribution >= 0.6 is 15.9 Å². The Morgan fingerprint density at radius 3 is 1.67 bits per heavy atom. The molecule has 0 saturated carbocycles. The molecule has 0 N–H and O–H groups in total. The number of hydrogen-bond acceptors (Lipinski definition) is 0. The lowest BCUT2D eigenvalue weighted by molar-refractivity contribution is 0.522. The van der Waals surface area contributed by atoms with E-state index in [0.29, 0.717) is 0 Å². The van der Waals surface area contributed by atoms with Crippen LogP contribution < -0.4 is 0 Å². The van der Waals surface area contributed by atoms with Crippen molar-refractivity contribution in [3.63, 3.8) is 0 Å². The van der Waals surface area contributed by atoms with Crippen LogP contribution in [-0.4, -0.2) is 0 Å². The maximum Gasteiger partial charge on any atom is 0.265 e. The van der Waals surface area contributed by atoms with Crippen LogP contribution in [0.5, 0.6) is 0 Å². The van der Waals surface area contributed by atoms with Crippen LogP contribution in [0.1, 0.15) is 0 Å². The van der Waals surface area contributed by atoms with Crippen LogP contribution in [0.15, 0.2) is 12.4 Å². The molecule has 0 saturated heterocycles. The third kappa shape index (κ3) is 2.33. The normalized spacial score (nSPS) is 9.33. The zero-order valence-corrected chi connectivity index (χ0v) is 4.43. The SMILES string of the molecule is C=C(F)[C](F)Br. The average Bonchev–Trinajstić information content (AvgIpc) is 1.36. The van der Waals surface area contributed by atoms with E-state index in [1.54, 1.807) is 0 Å². The summed E-state index contributed by atoms with van der Waals surface area (Å²) in [4.78, 5) is 0. The number of halogens is 3. The van der Waals surface area contributed by atoms with E-state index in [4.69, 9.17) is 0 Å². The molecule has 0 unspecified atom stereocenters. The van der Waals surface area contributed by atoms with Crippen molar-refractivity contribution in [2.45, 2.75) is 0 Å². The molecular weight excluding hydrogens is 154 g/mol. The molecule has 0 heterocycles. The second-order valence-electron chi connectivity index (χ2n) is 0.665.